The predicted molar refractivity (Wildman–Crippen MR) is 64.5 cm³/mol. The first-order valence-electron chi connectivity index (χ1n) is 6.36. The molecule has 1 fully saturated rings. The van der Waals surface area contributed by atoms with Crippen LogP contribution in [0.1, 0.15) is 33.1 Å². The second kappa shape index (κ2) is 7.27. The lowest BCUT2D eigenvalue weighted by Crippen LogP contribution is -2.44. The van der Waals surface area contributed by atoms with Gasteiger partial charge in [0.2, 0.25) is 5.91 Å². The quantitative estimate of drug-likeness (QED) is 0.691. The second-order valence-electron chi connectivity index (χ2n) is 4.18. The van der Waals surface area contributed by atoms with Crippen LogP contribution >= 0.6 is 0 Å². The molecule has 0 spiro atoms. The third-order valence-electron chi connectivity index (χ3n) is 2.94. The van der Waals surface area contributed by atoms with Gasteiger partial charge in [0, 0.05) is 13.1 Å². The third-order valence-corrected chi connectivity index (χ3v) is 2.94. The molecule has 1 aliphatic rings. The Morgan fingerprint density at radius 3 is 2.47 bits per heavy atom. The maximum Gasteiger partial charge on any atom is 0.323 e. The number of hydrogen-bond acceptors (Lipinski definition) is 4. The molecule has 1 N–H and O–H groups in total. The fourth-order valence-electron chi connectivity index (χ4n) is 1.93. The van der Waals surface area contributed by atoms with Crippen LogP contribution in [0.2, 0.25) is 0 Å². The summed E-state index contributed by atoms with van der Waals surface area (Å²) in [5, 5.41) is 2.96. The average Bonchev–Trinajstić information content (AvgIpc) is 2.83. The summed E-state index contributed by atoms with van der Waals surface area (Å²) in [6.45, 7) is 5.96. The van der Waals surface area contributed by atoms with Gasteiger partial charge < -0.3 is 9.64 Å². The number of carbonyl (C=O) groups excluding carboxylic acids is 2. The molecule has 0 saturated carbocycles. The van der Waals surface area contributed by atoms with Crippen LogP contribution in [0.3, 0.4) is 0 Å². The number of amides is 1. The summed E-state index contributed by atoms with van der Waals surface area (Å²) < 4.78 is 4.93. The molecular weight excluding hydrogens is 220 g/mol. The van der Waals surface area contributed by atoms with Crippen molar-refractivity contribution in [1.82, 2.24) is 10.2 Å². The first-order valence-corrected chi connectivity index (χ1v) is 6.36. The van der Waals surface area contributed by atoms with E-state index < -0.39 is 0 Å². The number of hydrogen-bond donors (Lipinski definition) is 1. The highest BCUT2D eigenvalue weighted by Crippen LogP contribution is 2.07. The molecule has 1 aliphatic heterocycles. The minimum absolute atomic E-state index is 0.0743. The highest BCUT2D eigenvalue weighted by atomic mass is 16.5. The molecule has 1 saturated heterocycles. The van der Waals surface area contributed by atoms with Crippen LogP contribution in [0.5, 0.6) is 0 Å². The molecule has 1 unspecified atom stereocenters. The monoisotopic (exact) mass is 242 g/mol. The van der Waals surface area contributed by atoms with Crippen molar-refractivity contribution in [1.29, 1.82) is 0 Å². The molecule has 0 aromatic carbocycles. The maximum atomic E-state index is 11.8. The van der Waals surface area contributed by atoms with E-state index in [0.717, 1.165) is 25.9 Å². The van der Waals surface area contributed by atoms with Gasteiger partial charge in [0.15, 0.2) is 0 Å². The van der Waals surface area contributed by atoms with Crippen molar-refractivity contribution >= 4 is 11.9 Å². The van der Waals surface area contributed by atoms with Crippen molar-refractivity contribution in [3.8, 4) is 0 Å². The van der Waals surface area contributed by atoms with E-state index in [1.54, 1.807) is 6.92 Å². The van der Waals surface area contributed by atoms with Crippen molar-refractivity contribution in [3.05, 3.63) is 0 Å². The Kier molecular flexibility index (Phi) is 5.97. The van der Waals surface area contributed by atoms with Crippen LogP contribution < -0.4 is 5.32 Å². The van der Waals surface area contributed by atoms with Gasteiger partial charge in [0.05, 0.1) is 13.2 Å². The Hall–Kier alpha value is -1.10. The summed E-state index contributed by atoms with van der Waals surface area (Å²) in [7, 11) is 0. The number of ether oxygens (including phenoxy) is 1. The zero-order chi connectivity index (χ0) is 12.7. The Morgan fingerprint density at radius 1 is 1.29 bits per heavy atom. The predicted octanol–water partition coefficient (Wildman–Crippen LogP) is 0.540. The molecule has 5 heteroatoms. The minimum Gasteiger partial charge on any atom is -0.465 e. The Morgan fingerprint density at radius 2 is 1.94 bits per heavy atom. The van der Waals surface area contributed by atoms with Gasteiger partial charge in [-0.3, -0.25) is 14.9 Å². The van der Waals surface area contributed by atoms with Gasteiger partial charge in [0.1, 0.15) is 6.04 Å². The number of nitrogens with one attached hydrogen (secondary N) is 1. The summed E-state index contributed by atoms with van der Waals surface area (Å²) in [5.41, 5.74) is 0. The summed E-state index contributed by atoms with van der Waals surface area (Å²) in [6, 6.07) is -0.374. The van der Waals surface area contributed by atoms with Crippen LogP contribution in [-0.2, 0) is 14.3 Å². The highest BCUT2D eigenvalue weighted by molar-refractivity contribution is 5.80. The van der Waals surface area contributed by atoms with E-state index in [1.807, 2.05) is 11.8 Å². The second-order valence-corrected chi connectivity index (χ2v) is 4.18. The molecule has 0 aromatic heterocycles. The summed E-state index contributed by atoms with van der Waals surface area (Å²) in [4.78, 5) is 25.1. The van der Waals surface area contributed by atoms with Crippen molar-refractivity contribution in [2.45, 2.75) is 39.2 Å². The third kappa shape index (κ3) is 4.34. The highest BCUT2D eigenvalue weighted by Gasteiger charge is 2.21. The average molecular weight is 242 g/mol. The Bertz CT molecular complexity index is 262. The molecular formula is C12H22N2O3. The van der Waals surface area contributed by atoms with Gasteiger partial charge >= 0.3 is 5.97 Å². The van der Waals surface area contributed by atoms with Crippen LogP contribution in [0.25, 0.3) is 0 Å². The molecule has 1 atom stereocenters. The van der Waals surface area contributed by atoms with Gasteiger partial charge in [-0.05, 0) is 26.2 Å². The number of carbonyl (C=O) groups is 2. The largest absolute Gasteiger partial charge is 0.465 e. The fourth-order valence-corrected chi connectivity index (χ4v) is 1.93. The lowest BCUT2D eigenvalue weighted by molar-refractivity contribution is -0.145. The number of esters is 1. The normalized spacial score (nSPS) is 16.9. The maximum absolute atomic E-state index is 11.8. The topological polar surface area (TPSA) is 58.6 Å². The minimum atomic E-state index is -0.374. The Balaban J connectivity index is 2.31. The Labute approximate surface area is 102 Å². The summed E-state index contributed by atoms with van der Waals surface area (Å²) in [5.74, 6) is -0.200. The molecule has 1 amide bonds. The van der Waals surface area contributed by atoms with Crippen LogP contribution in [0, 0.1) is 0 Å². The number of nitrogens with zero attached hydrogens (tertiary/aromatic N) is 1. The van der Waals surface area contributed by atoms with Gasteiger partial charge in [-0.15, -0.1) is 0 Å². The lowest BCUT2D eigenvalue weighted by Gasteiger charge is -2.19. The summed E-state index contributed by atoms with van der Waals surface area (Å²) in [6.07, 6.45) is 2.80. The van der Waals surface area contributed by atoms with Gasteiger partial charge in [-0.25, -0.2) is 0 Å². The zero-order valence-electron chi connectivity index (χ0n) is 10.7. The molecule has 1 rings (SSSR count). The van der Waals surface area contributed by atoms with E-state index >= 15 is 0 Å². The molecule has 0 aromatic rings. The first-order chi connectivity index (χ1) is 8.19. The smallest absolute Gasteiger partial charge is 0.323 e. The van der Waals surface area contributed by atoms with E-state index in [-0.39, 0.29) is 24.5 Å². The standard InChI is InChI=1S/C12H22N2O3/c1-3-10(12(16)17-4-2)13-9-11(15)14-7-5-6-8-14/h10,13H,3-9H2,1-2H3. The SMILES string of the molecule is CCOC(=O)C(CC)NCC(=O)N1CCCC1. The lowest BCUT2D eigenvalue weighted by atomic mass is 10.2. The zero-order valence-corrected chi connectivity index (χ0v) is 10.7. The molecule has 0 bridgehead atoms. The fraction of sp³-hybridized carbons (Fsp3) is 0.833. The van der Waals surface area contributed by atoms with Crippen LogP contribution in [0.4, 0.5) is 0 Å². The molecule has 0 radical (unpaired) electrons. The van der Waals surface area contributed by atoms with Crippen molar-refractivity contribution in [3.63, 3.8) is 0 Å². The van der Waals surface area contributed by atoms with Crippen molar-refractivity contribution in [2.75, 3.05) is 26.2 Å². The molecule has 1 heterocycles. The molecule has 17 heavy (non-hydrogen) atoms. The van der Waals surface area contributed by atoms with Crippen molar-refractivity contribution < 1.29 is 14.3 Å². The molecule has 0 aliphatic carbocycles. The van der Waals surface area contributed by atoms with E-state index in [4.69, 9.17) is 4.74 Å². The van der Waals surface area contributed by atoms with Crippen molar-refractivity contribution in [2.24, 2.45) is 0 Å². The van der Waals surface area contributed by atoms with E-state index in [2.05, 4.69) is 5.32 Å². The van der Waals surface area contributed by atoms with E-state index in [1.165, 1.54) is 0 Å². The molecule has 98 valence electrons. The number of rotatable bonds is 6. The number of likely N-dealkylation sites (tertiary alicyclic amines) is 1. The van der Waals surface area contributed by atoms with E-state index in [9.17, 15) is 9.59 Å². The first kappa shape index (κ1) is 14.0. The van der Waals surface area contributed by atoms with Gasteiger partial charge in [-0.1, -0.05) is 6.92 Å². The summed E-state index contributed by atoms with van der Waals surface area (Å²) >= 11 is 0. The van der Waals surface area contributed by atoms with Gasteiger partial charge in [0.25, 0.3) is 0 Å². The van der Waals surface area contributed by atoms with Gasteiger partial charge in [-0.2, -0.15) is 0 Å². The van der Waals surface area contributed by atoms with Crippen LogP contribution in [0.15, 0.2) is 0 Å². The van der Waals surface area contributed by atoms with Crippen LogP contribution in [-0.4, -0.2) is 49.1 Å². The van der Waals surface area contributed by atoms with E-state index in [0.29, 0.717) is 13.0 Å². The molecule has 5 nitrogen and oxygen atoms in total.